The van der Waals surface area contributed by atoms with E-state index >= 15 is 0 Å². The van der Waals surface area contributed by atoms with Crippen molar-refractivity contribution in [2.45, 2.75) is 40.7 Å². The van der Waals surface area contributed by atoms with E-state index in [1.54, 1.807) is 24.3 Å². The number of benzene rings is 2. The lowest BCUT2D eigenvalue weighted by Crippen LogP contribution is -2.50. The maximum Gasteiger partial charge on any atom is 0.339 e. The molecule has 1 atom stereocenters. The van der Waals surface area contributed by atoms with Crippen LogP contribution in [0.2, 0.25) is 0 Å². The summed E-state index contributed by atoms with van der Waals surface area (Å²) in [5.74, 6) is -1.29. The van der Waals surface area contributed by atoms with E-state index in [1.807, 2.05) is 34.6 Å². The number of primary amides is 1. The van der Waals surface area contributed by atoms with Gasteiger partial charge in [0.1, 0.15) is 5.75 Å². The largest absolute Gasteiger partial charge is 0.477 e. The van der Waals surface area contributed by atoms with Crippen LogP contribution in [0.4, 0.5) is 5.69 Å². The van der Waals surface area contributed by atoms with E-state index in [0.29, 0.717) is 17.0 Å². The van der Waals surface area contributed by atoms with Gasteiger partial charge in [0.05, 0.1) is 17.8 Å². The van der Waals surface area contributed by atoms with Crippen molar-refractivity contribution >= 4 is 23.5 Å². The first kappa shape index (κ1) is 21.4. The molecular formula is C23H26N2O5. The van der Waals surface area contributed by atoms with Crippen LogP contribution in [0.25, 0.3) is 0 Å². The summed E-state index contributed by atoms with van der Waals surface area (Å²) in [6.45, 7) is 9.22. The van der Waals surface area contributed by atoms with Gasteiger partial charge in [0.25, 0.3) is 11.8 Å². The number of nitrogens with two attached hydrogens (primary N) is 1. The summed E-state index contributed by atoms with van der Waals surface area (Å²) in [7, 11) is 0. The molecule has 1 aliphatic rings. The summed E-state index contributed by atoms with van der Waals surface area (Å²) >= 11 is 0. The highest BCUT2D eigenvalue weighted by Gasteiger charge is 2.33. The molecule has 2 N–H and O–H groups in total. The summed E-state index contributed by atoms with van der Waals surface area (Å²) in [5.41, 5.74) is 11.3. The molecule has 2 amide bonds. The maximum absolute atomic E-state index is 12.9. The molecule has 0 spiro atoms. The molecule has 0 bridgehead atoms. The van der Waals surface area contributed by atoms with Gasteiger partial charge in [-0.2, -0.15) is 0 Å². The Kier molecular flexibility index (Phi) is 5.82. The number of nitrogens with zero attached hydrogens (tertiary/aromatic N) is 1. The lowest BCUT2D eigenvalue weighted by atomic mass is 9.90. The molecule has 1 heterocycles. The van der Waals surface area contributed by atoms with Crippen molar-refractivity contribution in [1.82, 2.24) is 0 Å². The van der Waals surface area contributed by atoms with Gasteiger partial charge in [-0.3, -0.25) is 9.59 Å². The minimum atomic E-state index is -0.966. The second-order valence-electron chi connectivity index (χ2n) is 7.56. The fourth-order valence-corrected chi connectivity index (χ4v) is 3.70. The third kappa shape index (κ3) is 3.75. The number of carbonyl (C=O) groups excluding carboxylic acids is 3. The molecule has 30 heavy (non-hydrogen) atoms. The first-order valence-electron chi connectivity index (χ1n) is 9.72. The van der Waals surface area contributed by atoms with E-state index in [1.165, 1.54) is 4.90 Å². The molecular weight excluding hydrogens is 384 g/mol. The average Bonchev–Trinajstić information content (AvgIpc) is 2.73. The van der Waals surface area contributed by atoms with Crippen molar-refractivity contribution in [2.24, 2.45) is 5.73 Å². The first-order chi connectivity index (χ1) is 14.1. The Morgan fingerprint density at radius 3 is 2.17 bits per heavy atom. The van der Waals surface area contributed by atoms with Crippen LogP contribution in [0.5, 0.6) is 5.75 Å². The van der Waals surface area contributed by atoms with Crippen LogP contribution in [0.1, 0.15) is 38.2 Å². The first-order valence-corrected chi connectivity index (χ1v) is 9.72. The maximum atomic E-state index is 12.9. The van der Waals surface area contributed by atoms with E-state index < -0.39 is 30.5 Å². The Labute approximate surface area is 175 Å². The predicted octanol–water partition coefficient (Wildman–Crippen LogP) is 2.67. The van der Waals surface area contributed by atoms with Crippen molar-refractivity contribution in [2.75, 3.05) is 18.1 Å². The second kappa shape index (κ2) is 8.18. The number of para-hydroxylation sites is 2. The number of ether oxygens (including phenoxy) is 2. The molecule has 158 valence electrons. The second-order valence-corrected chi connectivity index (χ2v) is 7.56. The molecule has 0 saturated carbocycles. The Hall–Kier alpha value is -3.35. The van der Waals surface area contributed by atoms with E-state index in [4.69, 9.17) is 15.2 Å². The number of amides is 2. The highest BCUT2D eigenvalue weighted by Crippen LogP contribution is 2.33. The molecule has 0 saturated heterocycles. The zero-order chi connectivity index (χ0) is 22.2. The third-order valence-corrected chi connectivity index (χ3v) is 5.92. The number of hydrogen-bond donors (Lipinski definition) is 1. The number of fused-ring (bicyclic) bond motifs is 1. The zero-order valence-electron chi connectivity index (χ0n) is 17.9. The molecule has 7 heteroatoms. The van der Waals surface area contributed by atoms with Crippen molar-refractivity contribution in [3.05, 3.63) is 57.6 Å². The van der Waals surface area contributed by atoms with Crippen molar-refractivity contribution in [3.8, 4) is 5.75 Å². The number of carbonyl (C=O) groups is 3. The van der Waals surface area contributed by atoms with Gasteiger partial charge in [0.15, 0.2) is 12.7 Å². The van der Waals surface area contributed by atoms with E-state index in [9.17, 15) is 14.4 Å². The van der Waals surface area contributed by atoms with Crippen LogP contribution >= 0.6 is 0 Å². The molecule has 0 unspecified atom stereocenters. The monoisotopic (exact) mass is 410 g/mol. The van der Waals surface area contributed by atoms with Crippen LogP contribution in [0.15, 0.2) is 24.3 Å². The minimum Gasteiger partial charge on any atom is -0.477 e. The van der Waals surface area contributed by atoms with Gasteiger partial charge >= 0.3 is 5.97 Å². The summed E-state index contributed by atoms with van der Waals surface area (Å²) in [5, 5.41) is 0. The Morgan fingerprint density at radius 2 is 1.57 bits per heavy atom. The molecule has 2 aromatic rings. The highest BCUT2D eigenvalue weighted by atomic mass is 16.5. The Balaban J connectivity index is 1.81. The van der Waals surface area contributed by atoms with E-state index in [-0.39, 0.29) is 6.54 Å². The molecule has 0 fully saturated rings. The molecule has 3 rings (SSSR count). The molecule has 7 nitrogen and oxygen atoms in total. The van der Waals surface area contributed by atoms with Gasteiger partial charge in [-0.25, -0.2) is 4.79 Å². The highest BCUT2D eigenvalue weighted by molar-refractivity contribution is 6.00. The van der Waals surface area contributed by atoms with Gasteiger partial charge < -0.3 is 20.1 Å². The average molecular weight is 410 g/mol. The van der Waals surface area contributed by atoms with Crippen LogP contribution in [-0.2, 0) is 14.3 Å². The molecule has 2 aromatic carbocycles. The van der Waals surface area contributed by atoms with Gasteiger partial charge in [-0.15, -0.1) is 0 Å². The van der Waals surface area contributed by atoms with Crippen LogP contribution in [0.3, 0.4) is 0 Å². The van der Waals surface area contributed by atoms with Gasteiger partial charge in [-0.05, 0) is 74.6 Å². The molecule has 1 aliphatic heterocycles. The summed E-state index contributed by atoms with van der Waals surface area (Å²) in [6.07, 6.45) is -0.966. The number of rotatable bonds is 4. The van der Waals surface area contributed by atoms with E-state index in [0.717, 1.165) is 27.8 Å². The molecule has 0 radical (unpaired) electrons. The van der Waals surface area contributed by atoms with Crippen molar-refractivity contribution in [3.63, 3.8) is 0 Å². The van der Waals surface area contributed by atoms with Crippen LogP contribution in [-0.4, -0.2) is 37.0 Å². The lowest BCUT2D eigenvalue weighted by molar-refractivity contribution is -0.126. The summed E-state index contributed by atoms with van der Waals surface area (Å²) in [6, 6.07) is 6.84. The summed E-state index contributed by atoms with van der Waals surface area (Å²) in [4.78, 5) is 38.7. The van der Waals surface area contributed by atoms with Gasteiger partial charge in [0, 0.05) is 0 Å². The molecule has 0 aliphatic carbocycles. The summed E-state index contributed by atoms with van der Waals surface area (Å²) < 4.78 is 10.9. The van der Waals surface area contributed by atoms with E-state index in [2.05, 4.69) is 0 Å². The standard InChI is InChI=1S/C23H26N2O5/c1-12-13(2)15(4)21(16(5)14(12)3)23(28)29-11-20(26)25-10-19(22(24)27)30-18-9-7-6-8-17(18)25/h6-9,19H,10-11H2,1-5H3,(H2,24,27)/t19-/m1/s1. The van der Waals surface area contributed by atoms with Crippen molar-refractivity contribution in [1.29, 1.82) is 0 Å². The molecule has 0 aromatic heterocycles. The van der Waals surface area contributed by atoms with Gasteiger partial charge in [-0.1, -0.05) is 12.1 Å². The topological polar surface area (TPSA) is 98.9 Å². The van der Waals surface area contributed by atoms with Crippen molar-refractivity contribution < 1.29 is 23.9 Å². The SMILES string of the molecule is Cc1c(C)c(C)c(C(=O)OCC(=O)N2C[C@H](C(N)=O)Oc3ccccc32)c(C)c1C. The van der Waals surface area contributed by atoms with Gasteiger partial charge in [0.2, 0.25) is 0 Å². The lowest BCUT2D eigenvalue weighted by Gasteiger charge is -2.33. The number of anilines is 1. The van der Waals surface area contributed by atoms with Crippen LogP contribution in [0, 0.1) is 34.6 Å². The number of esters is 1. The van der Waals surface area contributed by atoms with Crippen LogP contribution < -0.4 is 15.4 Å². The zero-order valence-corrected chi connectivity index (χ0v) is 17.9. The fourth-order valence-electron chi connectivity index (χ4n) is 3.70. The Morgan fingerprint density at radius 1 is 1.00 bits per heavy atom. The predicted molar refractivity (Wildman–Crippen MR) is 113 cm³/mol. The minimum absolute atomic E-state index is 0.0382. The normalized spacial score (nSPS) is 15.2. The third-order valence-electron chi connectivity index (χ3n) is 5.92. The Bertz CT molecular complexity index is 1020. The number of hydrogen-bond acceptors (Lipinski definition) is 5. The fraction of sp³-hybridized carbons (Fsp3) is 0.348. The quantitative estimate of drug-likeness (QED) is 0.782. The smallest absolute Gasteiger partial charge is 0.339 e.